The highest BCUT2D eigenvalue weighted by atomic mass is 16.5. The molecule has 4 N–H and O–H groups in total. The van der Waals surface area contributed by atoms with Gasteiger partial charge in [-0.3, -0.25) is 0 Å². The Kier molecular flexibility index (Phi) is 4.02. The molecule has 0 aliphatic heterocycles. The third-order valence-corrected chi connectivity index (χ3v) is 3.72. The van der Waals surface area contributed by atoms with Crippen molar-refractivity contribution >= 4 is 11.8 Å². The number of hydrogen-bond donors (Lipinski definition) is 3. The smallest absolute Gasteiger partial charge is 0.345 e. The van der Waals surface area contributed by atoms with E-state index in [1.807, 2.05) is 6.07 Å². The van der Waals surface area contributed by atoms with Crippen LogP contribution in [-0.4, -0.2) is 38.4 Å². The molecule has 122 valence electrons. The van der Waals surface area contributed by atoms with Crippen LogP contribution in [0.3, 0.4) is 0 Å². The van der Waals surface area contributed by atoms with E-state index in [4.69, 9.17) is 15.7 Å². The number of nitrogens with zero attached hydrogens (tertiary/aromatic N) is 3. The highest BCUT2D eigenvalue weighted by Crippen LogP contribution is 2.31. The normalized spacial score (nSPS) is 19.2. The van der Waals surface area contributed by atoms with Gasteiger partial charge in [-0.25, -0.2) is 9.78 Å². The number of anilines is 1. The number of aliphatic hydroxyl groups is 1. The molecule has 0 radical (unpaired) electrons. The maximum absolute atomic E-state index is 11.4. The molecule has 8 nitrogen and oxygen atoms in total. The lowest BCUT2D eigenvalue weighted by Gasteiger charge is -2.31. The van der Waals surface area contributed by atoms with Gasteiger partial charge in [-0.1, -0.05) is 12.1 Å². The number of nitrogens with two attached hydrogens (primary N) is 1. The Hall–Kier alpha value is -3.18. The van der Waals surface area contributed by atoms with E-state index in [0.717, 1.165) is 0 Å². The van der Waals surface area contributed by atoms with E-state index in [9.17, 15) is 15.0 Å². The first-order chi connectivity index (χ1) is 11.5. The van der Waals surface area contributed by atoms with Gasteiger partial charge < -0.3 is 20.7 Å². The van der Waals surface area contributed by atoms with Gasteiger partial charge in [0.25, 0.3) is 0 Å². The van der Waals surface area contributed by atoms with Gasteiger partial charge in [0, 0.05) is 18.4 Å². The minimum atomic E-state index is -1.29. The van der Waals surface area contributed by atoms with Crippen molar-refractivity contribution in [2.45, 2.75) is 25.0 Å². The first-order valence-electron chi connectivity index (χ1n) is 7.24. The van der Waals surface area contributed by atoms with Crippen molar-refractivity contribution in [3.8, 4) is 23.3 Å². The summed E-state index contributed by atoms with van der Waals surface area (Å²) in [5.74, 6) is -1.47. The number of nitriles is 1. The number of rotatable bonds is 4. The summed E-state index contributed by atoms with van der Waals surface area (Å²) in [5.41, 5.74) is 6.40. The van der Waals surface area contributed by atoms with Crippen LogP contribution in [0.25, 0.3) is 11.4 Å². The molecule has 0 saturated heterocycles. The lowest BCUT2D eigenvalue weighted by Crippen LogP contribution is -2.38. The minimum absolute atomic E-state index is 0.135. The predicted molar refractivity (Wildman–Crippen MR) is 83.2 cm³/mol. The Labute approximate surface area is 137 Å². The molecule has 1 aliphatic rings. The van der Waals surface area contributed by atoms with Gasteiger partial charge >= 0.3 is 5.97 Å². The molecule has 0 atom stereocenters. The van der Waals surface area contributed by atoms with Crippen LogP contribution in [0.15, 0.2) is 24.3 Å². The average Bonchev–Trinajstić information content (AvgIpc) is 2.52. The molecular formula is C16H14N4O4. The summed E-state index contributed by atoms with van der Waals surface area (Å²) in [4.78, 5) is 19.6. The largest absolute Gasteiger partial charge is 0.477 e. The van der Waals surface area contributed by atoms with Crippen molar-refractivity contribution in [1.29, 1.82) is 5.26 Å². The van der Waals surface area contributed by atoms with Crippen molar-refractivity contribution in [1.82, 2.24) is 9.97 Å². The van der Waals surface area contributed by atoms with Crippen molar-refractivity contribution < 1.29 is 19.7 Å². The van der Waals surface area contributed by atoms with E-state index < -0.39 is 12.1 Å². The molecule has 1 aliphatic carbocycles. The molecule has 24 heavy (non-hydrogen) atoms. The topological polar surface area (TPSA) is 142 Å². The molecule has 1 aromatic heterocycles. The fraction of sp³-hybridized carbons (Fsp3) is 0.250. The first kappa shape index (κ1) is 15.7. The summed E-state index contributed by atoms with van der Waals surface area (Å²) in [6, 6.07) is 8.57. The Morgan fingerprint density at radius 1 is 1.38 bits per heavy atom. The molecule has 1 heterocycles. The van der Waals surface area contributed by atoms with Gasteiger partial charge in [-0.2, -0.15) is 10.2 Å². The van der Waals surface area contributed by atoms with Crippen LogP contribution in [-0.2, 0) is 0 Å². The van der Waals surface area contributed by atoms with E-state index in [2.05, 4.69) is 9.97 Å². The lowest BCUT2D eigenvalue weighted by atomic mass is 9.92. The SMILES string of the molecule is N#Cc1cccc(-c2nc(N)c(C(=O)O)c(O[C@H]3C[C@H](O)C3)n2)c1. The Morgan fingerprint density at radius 2 is 2.12 bits per heavy atom. The van der Waals surface area contributed by atoms with Crippen LogP contribution in [0.4, 0.5) is 5.82 Å². The average molecular weight is 326 g/mol. The fourth-order valence-corrected chi connectivity index (χ4v) is 2.39. The zero-order valence-electron chi connectivity index (χ0n) is 12.5. The highest BCUT2D eigenvalue weighted by Gasteiger charge is 2.32. The van der Waals surface area contributed by atoms with Gasteiger partial charge in [0.2, 0.25) is 5.88 Å². The van der Waals surface area contributed by atoms with E-state index in [0.29, 0.717) is 24.0 Å². The number of hydrogen-bond acceptors (Lipinski definition) is 7. The van der Waals surface area contributed by atoms with Crippen LogP contribution in [0.1, 0.15) is 28.8 Å². The molecule has 2 aromatic rings. The number of aromatic nitrogens is 2. The molecule has 1 aromatic carbocycles. The zero-order valence-corrected chi connectivity index (χ0v) is 12.5. The second kappa shape index (κ2) is 6.14. The second-order valence-electron chi connectivity index (χ2n) is 5.48. The van der Waals surface area contributed by atoms with Crippen molar-refractivity contribution in [2.24, 2.45) is 0 Å². The Morgan fingerprint density at radius 3 is 2.75 bits per heavy atom. The van der Waals surface area contributed by atoms with Crippen molar-refractivity contribution in [2.75, 3.05) is 5.73 Å². The number of ether oxygens (including phenoxy) is 1. The van der Waals surface area contributed by atoms with Gasteiger partial charge in [0.1, 0.15) is 11.9 Å². The summed E-state index contributed by atoms with van der Waals surface area (Å²) in [7, 11) is 0. The quantitative estimate of drug-likeness (QED) is 0.760. The summed E-state index contributed by atoms with van der Waals surface area (Å²) >= 11 is 0. The molecule has 0 bridgehead atoms. The lowest BCUT2D eigenvalue weighted by molar-refractivity contribution is -0.0132. The highest BCUT2D eigenvalue weighted by molar-refractivity contribution is 5.95. The molecule has 8 heteroatoms. The number of carboxylic acids is 1. The molecular weight excluding hydrogens is 312 g/mol. The maximum atomic E-state index is 11.4. The van der Waals surface area contributed by atoms with Crippen LogP contribution in [0.2, 0.25) is 0 Å². The van der Waals surface area contributed by atoms with E-state index >= 15 is 0 Å². The van der Waals surface area contributed by atoms with Gasteiger partial charge in [-0.15, -0.1) is 0 Å². The predicted octanol–water partition coefficient (Wildman–Crippen LogP) is 1.20. The van der Waals surface area contributed by atoms with Gasteiger partial charge in [0.05, 0.1) is 17.7 Å². The minimum Gasteiger partial charge on any atom is -0.477 e. The standard InChI is InChI=1S/C16H14N4O4/c17-7-8-2-1-3-9(4-8)14-19-13(18)12(16(22)23)15(20-14)24-11-5-10(21)6-11/h1-4,10-11,21H,5-6H2,(H,22,23)(H2,18,19,20)/t10-,11-. The summed E-state index contributed by atoms with van der Waals surface area (Å²) in [5, 5.41) is 27.6. The van der Waals surface area contributed by atoms with Crippen molar-refractivity contribution in [3.63, 3.8) is 0 Å². The molecule has 1 fully saturated rings. The molecule has 1 saturated carbocycles. The Balaban J connectivity index is 2.03. The molecule has 0 amide bonds. The third kappa shape index (κ3) is 2.98. The number of aliphatic hydroxyl groups excluding tert-OH is 1. The third-order valence-electron chi connectivity index (χ3n) is 3.72. The number of benzene rings is 1. The van der Waals surface area contributed by atoms with E-state index in [-0.39, 0.29) is 29.2 Å². The summed E-state index contributed by atoms with van der Waals surface area (Å²) < 4.78 is 5.58. The second-order valence-corrected chi connectivity index (χ2v) is 5.48. The fourth-order valence-electron chi connectivity index (χ4n) is 2.39. The Bertz CT molecular complexity index is 840. The molecule has 3 rings (SSSR count). The summed E-state index contributed by atoms with van der Waals surface area (Å²) in [6.07, 6.45) is 0.0460. The van der Waals surface area contributed by atoms with E-state index in [1.165, 1.54) is 0 Å². The van der Waals surface area contributed by atoms with Gasteiger partial charge in [0.15, 0.2) is 11.4 Å². The van der Waals surface area contributed by atoms with E-state index in [1.54, 1.807) is 24.3 Å². The van der Waals surface area contributed by atoms with Crippen LogP contribution in [0.5, 0.6) is 5.88 Å². The number of aromatic carboxylic acids is 1. The van der Waals surface area contributed by atoms with Crippen LogP contribution < -0.4 is 10.5 Å². The number of nitrogen functional groups attached to an aromatic ring is 1. The van der Waals surface area contributed by atoms with Gasteiger partial charge in [-0.05, 0) is 12.1 Å². The first-order valence-corrected chi connectivity index (χ1v) is 7.24. The summed E-state index contributed by atoms with van der Waals surface area (Å²) in [6.45, 7) is 0. The van der Waals surface area contributed by atoms with Crippen LogP contribution >= 0.6 is 0 Å². The van der Waals surface area contributed by atoms with Crippen LogP contribution in [0, 0.1) is 11.3 Å². The molecule has 0 spiro atoms. The number of carboxylic acid groups (broad SMARTS) is 1. The molecule has 0 unspecified atom stereocenters. The van der Waals surface area contributed by atoms with Crippen molar-refractivity contribution in [3.05, 3.63) is 35.4 Å². The maximum Gasteiger partial charge on any atom is 0.345 e. The number of carbonyl (C=O) groups is 1. The monoisotopic (exact) mass is 326 g/mol. The zero-order chi connectivity index (χ0) is 17.3.